The zero-order chi connectivity index (χ0) is 17.6. The Bertz CT molecular complexity index is 673. The summed E-state index contributed by atoms with van der Waals surface area (Å²) in [5.74, 6) is 0.156. The highest BCUT2D eigenvalue weighted by atomic mass is 16.2. The van der Waals surface area contributed by atoms with Crippen molar-refractivity contribution in [1.29, 1.82) is 0 Å². The van der Waals surface area contributed by atoms with E-state index in [-0.39, 0.29) is 11.7 Å². The van der Waals surface area contributed by atoms with Crippen LogP contribution in [0.15, 0.2) is 12.1 Å². The Morgan fingerprint density at radius 2 is 1.67 bits per heavy atom. The van der Waals surface area contributed by atoms with Gasteiger partial charge in [0.1, 0.15) is 0 Å². The first kappa shape index (κ1) is 17.0. The van der Waals surface area contributed by atoms with E-state index in [4.69, 9.17) is 0 Å². The van der Waals surface area contributed by atoms with Crippen LogP contribution in [0.2, 0.25) is 0 Å². The number of rotatable bonds is 2. The average Bonchev–Trinajstić information content (AvgIpc) is 2.93. The fraction of sp³-hybridized carbons (Fsp3) is 0.579. The second-order valence-corrected chi connectivity index (χ2v) is 7.24. The molecule has 0 radical (unpaired) electrons. The van der Waals surface area contributed by atoms with Crippen molar-refractivity contribution in [2.24, 2.45) is 0 Å². The van der Waals surface area contributed by atoms with Gasteiger partial charge < -0.3 is 9.80 Å². The molecule has 0 unspecified atom stereocenters. The second-order valence-electron chi connectivity index (χ2n) is 7.24. The molecule has 5 nitrogen and oxygen atoms in total. The average molecular weight is 329 g/mol. The Labute approximate surface area is 144 Å². The van der Waals surface area contributed by atoms with Crippen molar-refractivity contribution < 1.29 is 9.59 Å². The van der Waals surface area contributed by atoms with Crippen LogP contribution in [0.3, 0.4) is 0 Å². The highest BCUT2D eigenvalue weighted by molar-refractivity contribution is 6.03. The zero-order valence-electron chi connectivity index (χ0n) is 15.3. The first-order valence-corrected chi connectivity index (χ1v) is 8.72. The molecule has 0 spiro atoms. The molecule has 2 heterocycles. The molecule has 0 aliphatic carbocycles. The van der Waals surface area contributed by atoms with E-state index in [1.807, 2.05) is 11.0 Å². The van der Waals surface area contributed by atoms with Crippen molar-refractivity contribution in [1.82, 2.24) is 4.90 Å². The molecule has 1 fully saturated rings. The van der Waals surface area contributed by atoms with Gasteiger partial charge in [0.05, 0.1) is 0 Å². The van der Waals surface area contributed by atoms with Crippen LogP contribution >= 0.6 is 0 Å². The van der Waals surface area contributed by atoms with Gasteiger partial charge in [-0.2, -0.15) is 0 Å². The maximum Gasteiger partial charge on any atom is 0.223 e. The molecular formula is C19H27N3O2. The number of Topliss-reactive ketones (excluding diaryl/α,β-unsaturated/α-hetero) is 1. The van der Waals surface area contributed by atoms with Crippen molar-refractivity contribution >= 4 is 23.1 Å². The standard InChI is InChI=1S/C19H27N3O2/c1-12-10-21(11-13(2)20(12)5)19-9-18-16(8-17(19)14(3)23)6-7-22(18)15(4)24/h8-9,12-13H,6-7,10-11H2,1-5H3/t12-,13+. The molecule has 3 rings (SSSR count). The summed E-state index contributed by atoms with van der Waals surface area (Å²) in [4.78, 5) is 30.6. The number of piperazine rings is 1. The van der Waals surface area contributed by atoms with E-state index >= 15 is 0 Å². The Kier molecular flexibility index (Phi) is 4.38. The highest BCUT2D eigenvalue weighted by Gasteiger charge is 2.31. The normalized spacial score (nSPS) is 24.2. The quantitative estimate of drug-likeness (QED) is 0.781. The van der Waals surface area contributed by atoms with Gasteiger partial charge in [-0.1, -0.05) is 0 Å². The smallest absolute Gasteiger partial charge is 0.223 e. The fourth-order valence-corrected chi connectivity index (χ4v) is 3.90. The molecule has 1 aromatic rings. The number of carbonyl (C=O) groups is 2. The van der Waals surface area contributed by atoms with Gasteiger partial charge in [0.2, 0.25) is 5.91 Å². The van der Waals surface area contributed by atoms with E-state index in [1.54, 1.807) is 13.8 Å². The number of amides is 1. The van der Waals surface area contributed by atoms with E-state index in [1.165, 1.54) is 0 Å². The molecule has 24 heavy (non-hydrogen) atoms. The van der Waals surface area contributed by atoms with Crippen LogP contribution in [0, 0.1) is 0 Å². The molecule has 5 heteroatoms. The van der Waals surface area contributed by atoms with Gasteiger partial charge in [-0.05, 0) is 51.9 Å². The van der Waals surface area contributed by atoms with Crippen LogP contribution in [-0.4, -0.2) is 55.4 Å². The Morgan fingerprint density at radius 3 is 2.21 bits per heavy atom. The molecule has 1 saturated heterocycles. The van der Waals surface area contributed by atoms with Crippen LogP contribution < -0.4 is 9.80 Å². The lowest BCUT2D eigenvalue weighted by Gasteiger charge is -2.44. The largest absolute Gasteiger partial charge is 0.368 e. The summed E-state index contributed by atoms with van der Waals surface area (Å²) in [6.45, 7) is 10.1. The third-order valence-electron chi connectivity index (χ3n) is 5.55. The summed E-state index contributed by atoms with van der Waals surface area (Å²) >= 11 is 0. The van der Waals surface area contributed by atoms with Gasteiger partial charge in [0.15, 0.2) is 5.78 Å². The van der Waals surface area contributed by atoms with Crippen molar-refractivity contribution in [2.45, 2.75) is 46.2 Å². The number of fused-ring (bicyclic) bond motifs is 1. The number of likely N-dealkylation sites (N-methyl/N-ethyl adjacent to an activating group) is 1. The molecular weight excluding hydrogens is 302 g/mol. The van der Waals surface area contributed by atoms with Crippen LogP contribution in [-0.2, 0) is 11.2 Å². The number of hydrogen-bond acceptors (Lipinski definition) is 4. The van der Waals surface area contributed by atoms with Gasteiger partial charge in [-0.25, -0.2) is 0 Å². The minimum absolute atomic E-state index is 0.0652. The van der Waals surface area contributed by atoms with Crippen LogP contribution in [0.5, 0.6) is 0 Å². The maximum atomic E-state index is 12.2. The Balaban J connectivity index is 2.05. The van der Waals surface area contributed by atoms with Gasteiger partial charge in [0.25, 0.3) is 0 Å². The maximum absolute atomic E-state index is 12.2. The van der Waals surface area contributed by atoms with Gasteiger partial charge >= 0.3 is 0 Å². The Hall–Kier alpha value is -1.88. The SMILES string of the molecule is CC(=O)c1cc2c(cc1N1C[C@@H](C)N(C)[C@@H](C)C1)N(C(C)=O)CC2. The van der Waals surface area contributed by atoms with Gasteiger partial charge in [-0.15, -0.1) is 0 Å². The molecule has 1 aromatic carbocycles. The van der Waals surface area contributed by atoms with Crippen LogP contribution in [0.25, 0.3) is 0 Å². The van der Waals surface area contributed by atoms with Crippen LogP contribution in [0.1, 0.15) is 43.6 Å². The molecule has 2 aliphatic rings. The zero-order valence-corrected chi connectivity index (χ0v) is 15.3. The summed E-state index contributed by atoms with van der Waals surface area (Å²) in [5, 5.41) is 0. The van der Waals surface area contributed by atoms with Crippen molar-refractivity contribution in [3.8, 4) is 0 Å². The minimum atomic E-state index is 0.0652. The molecule has 0 saturated carbocycles. The Morgan fingerprint density at radius 1 is 1.04 bits per heavy atom. The summed E-state index contributed by atoms with van der Waals surface area (Å²) < 4.78 is 0. The highest BCUT2D eigenvalue weighted by Crippen LogP contribution is 2.36. The molecule has 2 atom stereocenters. The molecule has 130 valence electrons. The van der Waals surface area contributed by atoms with E-state index in [2.05, 4.69) is 36.8 Å². The summed E-state index contributed by atoms with van der Waals surface area (Å²) in [6, 6.07) is 4.91. The van der Waals surface area contributed by atoms with Crippen molar-refractivity contribution in [2.75, 3.05) is 36.5 Å². The summed E-state index contributed by atoms with van der Waals surface area (Å²) in [6.07, 6.45) is 0.824. The lowest BCUT2D eigenvalue weighted by Crippen LogP contribution is -2.55. The van der Waals surface area contributed by atoms with E-state index in [0.29, 0.717) is 18.6 Å². The van der Waals surface area contributed by atoms with Crippen molar-refractivity contribution in [3.05, 3.63) is 23.3 Å². The first-order valence-electron chi connectivity index (χ1n) is 8.72. The number of benzene rings is 1. The first-order chi connectivity index (χ1) is 11.3. The summed E-state index contributed by atoms with van der Waals surface area (Å²) in [5.41, 5.74) is 3.83. The number of ketones is 1. The molecule has 0 bridgehead atoms. The number of anilines is 2. The van der Waals surface area contributed by atoms with E-state index in [9.17, 15) is 9.59 Å². The van der Waals surface area contributed by atoms with Gasteiger partial charge in [-0.3, -0.25) is 14.5 Å². The number of nitrogens with zero attached hydrogens (tertiary/aromatic N) is 3. The molecule has 0 aromatic heterocycles. The van der Waals surface area contributed by atoms with E-state index < -0.39 is 0 Å². The van der Waals surface area contributed by atoms with Crippen LogP contribution in [0.4, 0.5) is 11.4 Å². The third-order valence-corrected chi connectivity index (χ3v) is 5.55. The predicted molar refractivity (Wildman–Crippen MR) is 97.1 cm³/mol. The number of carbonyl (C=O) groups excluding carboxylic acids is 2. The predicted octanol–water partition coefficient (Wildman–Crippen LogP) is 2.33. The van der Waals surface area contributed by atoms with Gasteiger partial charge in [0, 0.05) is 55.6 Å². The summed E-state index contributed by atoms with van der Waals surface area (Å²) in [7, 11) is 2.15. The second kappa shape index (κ2) is 6.20. The molecule has 1 amide bonds. The lowest BCUT2D eigenvalue weighted by atomic mass is 10.00. The lowest BCUT2D eigenvalue weighted by molar-refractivity contribution is -0.116. The topological polar surface area (TPSA) is 43.9 Å². The minimum Gasteiger partial charge on any atom is -0.368 e. The van der Waals surface area contributed by atoms with Crippen molar-refractivity contribution in [3.63, 3.8) is 0 Å². The van der Waals surface area contributed by atoms with E-state index in [0.717, 1.165) is 42.0 Å². The molecule has 2 aliphatic heterocycles. The monoisotopic (exact) mass is 329 g/mol. The fourth-order valence-electron chi connectivity index (χ4n) is 3.90. The molecule has 0 N–H and O–H groups in total. The number of hydrogen-bond donors (Lipinski definition) is 0. The third kappa shape index (κ3) is 2.81.